The molecule has 0 saturated carbocycles. The fourth-order valence-corrected chi connectivity index (χ4v) is 3.31. The largest absolute Gasteiger partial charge is 0.393 e. The molecule has 1 atom stereocenters. The summed E-state index contributed by atoms with van der Waals surface area (Å²) >= 11 is 6.09. The fourth-order valence-electron chi connectivity index (χ4n) is 3.11. The van der Waals surface area contributed by atoms with Gasteiger partial charge in [-0.25, -0.2) is 9.20 Å². The molecule has 3 heterocycles. The van der Waals surface area contributed by atoms with Gasteiger partial charge in [-0.05, 0) is 23.5 Å². The Hall–Kier alpha value is -3.19. The minimum absolute atomic E-state index is 0.0234. The molecule has 164 valence electrons. The summed E-state index contributed by atoms with van der Waals surface area (Å²) in [7, 11) is 0. The number of nitrogen functional groups attached to an aromatic ring is 1. The Labute approximate surface area is 181 Å². The molecule has 0 aliphatic heterocycles. The average Bonchev–Trinajstić information content (AvgIpc) is 3.16. The molecule has 1 unspecified atom stereocenters. The van der Waals surface area contributed by atoms with Crippen LogP contribution in [0.3, 0.4) is 0 Å². The smallest absolute Gasteiger partial charge is 0.383 e. The first-order valence-corrected chi connectivity index (χ1v) is 9.54. The van der Waals surface area contributed by atoms with Gasteiger partial charge in [0.1, 0.15) is 28.3 Å². The van der Waals surface area contributed by atoms with E-state index in [1.54, 1.807) is 6.07 Å². The molecule has 3 rings (SSSR count). The number of rotatable bonds is 3. The van der Waals surface area contributed by atoms with Gasteiger partial charge in [0.05, 0.1) is 18.1 Å². The van der Waals surface area contributed by atoms with Crippen LogP contribution in [0, 0.1) is 17.3 Å². The summed E-state index contributed by atoms with van der Waals surface area (Å²) in [5, 5.41) is 8.45. The molecule has 1 amide bonds. The lowest BCUT2D eigenvalue weighted by atomic mass is 9.87. The van der Waals surface area contributed by atoms with Crippen molar-refractivity contribution >= 4 is 28.8 Å². The Morgan fingerprint density at radius 2 is 1.97 bits per heavy atom. The maximum atomic E-state index is 13.2. The van der Waals surface area contributed by atoms with Gasteiger partial charge < -0.3 is 11.5 Å². The van der Waals surface area contributed by atoms with Crippen molar-refractivity contribution in [1.29, 1.82) is 0 Å². The summed E-state index contributed by atoms with van der Waals surface area (Å²) in [6.45, 7) is 5.57. The van der Waals surface area contributed by atoms with Crippen LogP contribution < -0.4 is 11.5 Å². The Balaban J connectivity index is 2.16. The lowest BCUT2D eigenvalue weighted by Gasteiger charge is -2.27. The van der Waals surface area contributed by atoms with Gasteiger partial charge in [0.2, 0.25) is 0 Å². The van der Waals surface area contributed by atoms with E-state index in [1.807, 2.05) is 20.8 Å². The van der Waals surface area contributed by atoms with Crippen LogP contribution in [-0.4, -0.2) is 31.5 Å². The number of aromatic nitrogens is 4. The van der Waals surface area contributed by atoms with E-state index in [9.17, 15) is 18.0 Å². The van der Waals surface area contributed by atoms with Crippen LogP contribution in [0.4, 0.5) is 19.0 Å². The zero-order valence-corrected chi connectivity index (χ0v) is 17.7. The number of alkyl halides is 3. The van der Waals surface area contributed by atoms with E-state index in [0.717, 1.165) is 0 Å². The predicted octanol–water partition coefficient (Wildman–Crippen LogP) is 3.61. The second-order valence-electron chi connectivity index (χ2n) is 8.05. The first-order chi connectivity index (χ1) is 14.3. The van der Waals surface area contributed by atoms with Crippen molar-refractivity contribution in [3.05, 3.63) is 46.4 Å². The average molecular weight is 453 g/mol. The molecule has 0 bridgehead atoms. The molecule has 4 N–H and O–H groups in total. The molecule has 7 nitrogen and oxygen atoms in total. The minimum atomic E-state index is -4.46. The van der Waals surface area contributed by atoms with Gasteiger partial charge in [-0.1, -0.05) is 44.4 Å². The quantitative estimate of drug-likeness (QED) is 0.468. The number of amides is 1. The molecule has 0 fully saturated rings. The topological polar surface area (TPSA) is 104 Å². The van der Waals surface area contributed by atoms with Crippen LogP contribution >= 0.6 is 11.6 Å². The molecule has 0 radical (unpaired) electrons. The summed E-state index contributed by atoms with van der Waals surface area (Å²) in [6, 6.07) is 3.88. The van der Waals surface area contributed by atoms with E-state index in [2.05, 4.69) is 22.0 Å². The number of pyridine rings is 1. The highest BCUT2D eigenvalue weighted by molar-refractivity contribution is 6.29. The summed E-state index contributed by atoms with van der Waals surface area (Å²) in [5.41, 5.74) is 10.9. The Bertz CT molecular complexity index is 1210. The highest BCUT2D eigenvalue weighted by atomic mass is 35.5. The maximum Gasteiger partial charge on any atom is 0.393 e. The van der Waals surface area contributed by atoms with Crippen molar-refractivity contribution in [2.75, 3.05) is 5.73 Å². The summed E-state index contributed by atoms with van der Waals surface area (Å²) in [6.07, 6.45) is -4.44. The Morgan fingerprint density at radius 3 is 2.52 bits per heavy atom. The number of carbonyl (C=O) groups excluding carboxylic acids is 1. The summed E-state index contributed by atoms with van der Waals surface area (Å²) < 4.78 is 42.2. The molecular weight excluding hydrogens is 433 g/mol. The third-order valence-electron chi connectivity index (χ3n) is 4.58. The maximum absolute atomic E-state index is 13.2. The molecule has 3 aromatic heterocycles. The molecular formula is C20H20ClF3N6O. The third kappa shape index (κ3) is 4.61. The van der Waals surface area contributed by atoms with Gasteiger partial charge >= 0.3 is 6.18 Å². The zero-order chi connectivity index (χ0) is 23.1. The van der Waals surface area contributed by atoms with Crippen molar-refractivity contribution in [3.63, 3.8) is 0 Å². The molecule has 11 heteroatoms. The summed E-state index contributed by atoms with van der Waals surface area (Å²) in [4.78, 5) is 11.5. The van der Waals surface area contributed by atoms with Crippen molar-refractivity contribution in [2.24, 2.45) is 11.1 Å². The van der Waals surface area contributed by atoms with Crippen molar-refractivity contribution < 1.29 is 18.0 Å². The molecule has 31 heavy (non-hydrogen) atoms. The van der Waals surface area contributed by atoms with E-state index >= 15 is 0 Å². The van der Waals surface area contributed by atoms with Gasteiger partial charge in [-0.3, -0.25) is 4.79 Å². The monoisotopic (exact) mass is 452 g/mol. The molecule has 3 aromatic rings. The number of anilines is 1. The molecule has 0 aliphatic rings. The highest BCUT2D eigenvalue weighted by Gasteiger charge is 2.32. The van der Waals surface area contributed by atoms with Crippen LogP contribution in [0.25, 0.3) is 5.52 Å². The number of fused-ring (bicyclic) bond motifs is 1. The van der Waals surface area contributed by atoms with Gasteiger partial charge in [0.25, 0.3) is 5.91 Å². The number of primary amides is 1. The minimum Gasteiger partial charge on any atom is -0.383 e. The SMILES string of the molecule is CC(C)(C)C(C#Cc1nn2c(Cl)cccc2c1CC(F)(F)F)n1ncc(C(N)=O)c1N. The Kier molecular flexibility index (Phi) is 5.67. The van der Waals surface area contributed by atoms with Crippen molar-refractivity contribution in [1.82, 2.24) is 19.4 Å². The van der Waals surface area contributed by atoms with Crippen LogP contribution in [0.5, 0.6) is 0 Å². The number of halogens is 4. The van der Waals surface area contributed by atoms with Crippen LogP contribution in [0.15, 0.2) is 24.4 Å². The van der Waals surface area contributed by atoms with E-state index in [-0.39, 0.29) is 33.3 Å². The highest BCUT2D eigenvalue weighted by Crippen LogP contribution is 2.33. The Morgan fingerprint density at radius 1 is 1.29 bits per heavy atom. The van der Waals surface area contributed by atoms with Gasteiger partial charge in [0, 0.05) is 5.56 Å². The van der Waals surface area contributed by atoms with Crippen LogP contribution in [0.1, 0.15) is 48.4 Å². The van der Waals surface area contributed by atoms with Gasteiger partial charge in [0.15, 0.2) is 0 Å². The first-order valence-electron chi connectivity index (χ1n) is 9.17. The normalized spacial score (nSPS) is 13.1. The number of hydrogen-bond acceptors (Lipinski definition) is 4. The number of carbonyl (C=O) groups is 1. The molecule has 0 spiro atoms. The van der Waals surface area contributed by atoms with E-state index < -0.39 is 30.0 Å². The van der Waals surface area contributed by atoms with E-state index in [1.165, 1.54) is 27.5 Å². The van der Waals surface area contributed by atoms with Crippen molar-refractivity contribution in [2.45, 2.75) is 39.4 Å². The second-order valence-corrected chi connectivity index (χ2v) is 8.44. The predicted molar refractivity (Wildman–Crippen MR) is 110 cm³/mol. The van der Waals surface area contributed by atoms with E-state index in [0.29, 0.717) is 0 Å². The van der Waals surface area contributed by atoms with Crippen LogP contribution in [0.2, 0.25) is 5.15 Å². The molecule has 0 saturated heterocycles. The lowest BCUT2D eigenvalue weighted by Crippen LogP contribution is -2.26. The number of nitrogens with zero attached hydrogens (tertiary/aromatic N) is 4. The summed E-state index contributed by atoms with van der Waals surface area (Å²) in [5.74, 6) is 4.95. The van der Waals surface area contributed by atoms with Gasteiger partial charge in [-0.15, -0.1) is 0 Å². The zero-order valence-electron chi connectivity index (χ0n) is 17.0. The van der Waals surface area contributed by atoms with Crippen LogP contribution in [-0.2, 0) is 6.42 Å². The molecule has 0 aliphatic carbocycles. The van der Waals surface area contributed by atoms with Crippen molar-refractivity contribution in [3.8, 4) is 11.8 Å². The molecule has 0 aromatic carbocycles. The van der Waals surface area contributed by atoms with E-state index in [4.69, 9.17) is 23.1 Å². The fraction of sp³-hybridized carbons (Fsp3) is 0.350. The van der Waals surface area contributed by atoms with Gasteiger partial charge in [-0.2, -0.15) is 23.4 Å². The first kappa shape index (κ1) is 22.5. The standard InChI is InChI=1S/C20H20ClF3N6O/c1-19(2,3)15(30-17(25)12(10-27-30)18(26)31)8-7-13-11(9-20(22,23)24)14-5-4-6-16(21)29(14)28-13/h4-6,10,15H,9,25H2,1-3H3,(H2,26,31). The number of hydrogen-bond donors (Lipinski definition) is 2. The lowest BCUT2D eigenvalue weighted by molar-refractivity contribution is -0.127. The second kappa shape index (κ2) is 7.81. The number of nitrogens with two attached hydrogens (primary N) is 2. The third-order valence-corrected chi connectivity index (χ3v) is 4.87.